The van der Waals surface area contributed by atoms with Crippen molar-refractivity contribution in [1.29, 1.82) is 0 Å². The van der Waals surface area contributed by atoms with Gasteiger partial charge in [-0.25, -0.2) is 4.98 Å². The first-order chi connectivity index (χ1) is 30.7. The van der Waals surface area contributed by atoms with Gasteiger partial charge in [-0.2, -0.15) is 0 Å². The minimum absolute atomic E-state index is 0.960. The Kier molecular flexibility index (Phi) is 8.50. The molecule has 3 heterocycles. The van der Waals surface area contributed by atoms with Gasteiger partial charge in [0.2, 0.25) is 0 Å². The number of nitrogens with zero attached hydrogens (tertiary/aromatic N) is 3. The number of benzene rings is 9. The summed E-state index contributed by atoms with van der Waals surface area (Å²) in [6.07, 6.45) is 0. The van der Waals surface area contributed by atoms with Crippen molar-refractivity contribution in [2.45, 2.75) is 0 Å². The van der Waals surface area contributed by atoms with Crippen LogP contribution in [0.3, 0.4) is 0 Å². The van der Waals surface area contributed by atoms with Gasteiger partial charge in [0.15, 0.2) is 0 Å². The minimum atomic E-state index is 0.960. The average Bonchev–Trinajstić information content (AvgIpc) is 3.87. The molecule has 0 amide bonds. The molecule has 0 bridgehead atoms. The van der Waals surface area contributed by atoms with E-state index < -0.39 is 0 Å². The van der Waals surface area contributed by atoms with Crippen LogP contribution in [0.15, 0.2) is 237 Å². The molecule has 0 unspecified atom stereocenters. The maximum absolute atomic E-state index is 5.12. The number of pyridine rings is 1. The van der Waals surface area contributed by atoms with Gasteiger partial charge in [-0.3, -0.25) is 0 Å². The highest BCUT2D eigenvalue weighted by atomic mass is 15.0. The number of rotatable bonds is 7. The Morgan fingerprint density at radius 3 is 1.18 bits per heavy atom. The molecule has 62 heavy (non-hydrogen) atoms. The van der Waals surface area contributed by atoms with Gasteiger partial charge < -0.3 is 9.13 Å². The van der Waals surface area contributed by atoms with E-state index in [4.69, 9.17) is 4.98 Å². The van der Waals surface area contributed by atoms with Gasteiger partial charge in [-0.15, -0.1) is 0 Å². The highest BCUT2D eigenvalue weighted by molar-refractivity contribution is 6.12. The Labute approximate surface area is 360 Å². The Morgan fingerprint density at radius 1 is 0.226 bits per heavy atom. The number of hydrogen-bond acceptors (Lipinski definition) is 1. The molecular weight excluding hydrogens is 751 g/mol. The Morgan fingerprint density at radius 2 is 0.613 bits per heavy atom. The lowest BCUT2D eigenvalue weighted by molar-refractivity contribution is 1.18. The summed E-state index contributed by atoms with van der Waals surface area (Å²) in [6.45, 7) is 0. The van der Waals surface area contributed by atoms with Crippen molar-refractivity contribution >= 4 is 43.6 Å². The van der Waals surface area contributed by atoms with Crippen molar-refractivity contribution in [3.63, 3.8) is 0 Å². The van der Waals surface area contributed by atoms with E-state index >= 15 is 0 Å². The van der Waals surface area contributed by atoms with Crippen LogP contribution in [0.25, 0.3) is 111 Å². The second-order valence-electron chi connectivity index (χ2n) is 16.0. The molecule has 12 rings (SSSR count). The van der Waals surface area contributed by atoms with Crippen molar-refractivity contribution < 1.29 is 0 Å². The topological polar surface area (TPSA) is 22.8 Å². The van der Waals surface area contributed by atoms with Crippen LogP contribution in [0, 0.1) is 0 Å². The predicted octanol–water partition coefficient (Wildman–Crippen LogP) is 15.6. The van der Waals surface area contributed by atoms with E-state index in [9.17, 15) is 0 Å². The predicted molar refractivity (Wildman–Crippen MR) is 260 cm³/mol. The average molecular weight is 790 g/mol. The molecule has 0 N–H and O–H groups in total. The van der Waals surface area contributed by atoms with Crippen molar-refractivity contribution in [2.75, 3.05) is 0 Å². The van der Waals surface area contributed by atoms with E-state index in [1.165, 1.54) is 71.6 Å². The molecular formula is C59H39N3. The zero-order valence-electron chi connectivity index (χ0n) is 33.9. The lowest BCUT2D eigenvalue weighted by Gasteiger charge is -2.12. The third-order valence-corrected chi connectivity index (χ3v) is 12.3. The molecule has 0 saturated carbocycles. The van der Waals surface area contributed by atoms with Crippen molar-refractivity contribution in [1.82, 2.24) is 14.1 Å². The van der Waals surface area contributed by atoms with Gasteiger partial charge in [0, 0.05) is 44.0 Å². The minimum Gasteiger partial charge on any atom is -0.309 e. The second kappa shape index (κ2) is 14.8. The summed E-state index contributed by atoms with van der Waals surface area (Å²) in [5.41, 5.74) is 18.2. The quantitative estimate of drug-likeness (QED) is 0.158. The molecule has 0 atom stereocenters. The Hall–Kier alpha value is -8.27. The molecule has 0 fully saturated rings. The van der Waals surface area contributed by atoms with E-state index in [-0.39, 0.29) is 0 Å². The maximum Gasteiger partial charge on any atom is 0.0715 e. The summed E-state index contributed by atoms with van der Waals surface area (Å²) in [5, 5.41) is 4.96. The molecule has 3 heteroatoms. The van der Waals surface area contributed by atoms with E-state index in [0.717, 1.165) is 39.3 Å². The summed E-state index contributed by atoms with van der Waals surface area (Å²) in [6, 6.07) is 85.2. The maximum atomic E-state index is 5.12. The fourth-order valence-electron chi connectivity index (χ4n) is 9.35. The first-order valence-corrected chi connectivity index (χ1v) is 21.2. The van der Waals surface area contributed by atoms with Crippen LogP contribution in [0.2, 0.25) is 0 Å². The summed E-state index contributed by atoms with van der Waals surface area (Å²) in [4.78, 5) is 5.12. The smallest absolute Gasteiger partial charge is 0.0715 e. The number of fused-ring (bicyclic) bond motifs is 6. The molecule has 0 aliphatic rings. The Bertz CT molecular complexity index is 3560. The zero-order valence-corrected chi connectivity index (χ0v) is 33.9. The fourth-order valence-corrected chi connectivity index (χ4v) is 9.35. The lowest BCUT2D eigenvalue weighted by Crippen LogP contribution is -1.94. The molecule has 12 aromatic rings. The summed E-state index contributed by atoms with van der Waals surface area (Å²) < 4.78 is 4.79. The van der Waals surface area contributed by atoms with Crippen LogP contribution in [-0.4, -0.2) is 14.1 Å². The molecule has 3 aromatic heterocycles. The van der Waals surface area contributed by atoms with E-state index in [1.54, 1.807) is 0 Å². The van der Waals surface area contributed by atoms with Gasteiger partial charge in [0.25, 0.3) is 0 Å². The number of para-hydroxylation sites is 3. The monoisotopic (exact) mass is 789 g/mol. The summed E-state index contributed by atoms with van der Waals surface area (Å²) in [5.74, 6) is 0. The van der Waals surface area contributed by atoms with E-state index in [1.807, 2.05) is 12.1 Å². The zero-order chi connectivity index (χ0) is 41.0. The third-order valence-electron chi connectivity index (χ3n) is 12.3. The fraction of sp³-hybridized carbons (Fsp3) is 0. The normalized spacial score (nSPS) is 11.5. The first-order valence-electron chi connectivity index (χ1n) is 21.2. The summed E-state index contributed by atoms with van der Waals surface area (Å²) in [7, 11) is 0. The second-order valence-corrected chi connectivity index (χ2v) is 16.0. The van der Waals surface area contributed by atoms with Crippen LogP contribution in [0.5, 0.6) is 0 Å². The van der Waals surface area contributed by atoms with Crippen molar-refractivity contribution in [2.24, 2.45) is 0 Å². The van der Waals surface area contributed by atoms with Crippen molar-refractivity contribution in [3.8, 4) is 67.3 Å². The molecule has 9 aromatic carbocycles. The highest BCUT2D eigenvalue weighted by Crippen LogP contribution is 2.39. The van der Waals surface area contributed by atoms with Gasteiger partial charge in [0.05, 0.1) is 33.5 Å². The number of aromatic nitrogens is 3. The molecule has 290 valence electrons. The standard InChI is InChI=1S/C59H39N3/c1-4-16-40(17-5-1)54-38-47(39-55(60-54)41-18-6-2-7-19-41)43-21-14-20-42(34-43)45-30-33-59-53(36-45)51-27-11-13-29-57(51)62(59)49-25-15-22-44(35-49)46-31-32-58-52(37-46)50-26-10-12-28-56(50)61(58)48-23-8-3-9-24-48/h1-39H. The van der Waals surface area contributed by atoms with Crippen LogP contribution in [-0.2, 0) is 0 Å². The molecule has 0 aliphatic carbocycles. The lowest BCUT2D eigenvalue weighted by atomic mass is 9.96. The van der Waals surface area contributed by atoms with Gasteiger partial charge in [-0.1, -0.05) is 158 Å². The van der Waals surface area contributed by atoms with Crippen LogP contribution >= 0.6 is 0 Å². The Balaban J connectivity index is 0.946. The molecule has 0 spiro atoms. The summed E-state index contributed by atoms with van der Waals surface area (Å²) >= 11 is 0. The van der Waals surface area contributed by atoms with E-state index in [2.05, 4.69) is 234 Å². The van der Waals surface area contributed by atoms with Gasteiger partial charge in [0.1, 0.15) is 0 Å². The van der Waals surface area contributed by atoms with Crippen LogP contribution in [0.1, 0.15) is 0 Å². The molecule has 3 nitrogen and oxygen atoms in total. The van der Waals surface area contributed by atoms with Crippen LogP contribution in [0.4, 0.5) is 0 Å². The van der Waals surface area contributed by atoms with Gasteiger partial charge in [-0.05, 0) is 112 Å². The van der Waals surface area contributed by atoms with E-state index in [0.29, 0.717) is 0 Å². The molecule has 0 aliphatic heterocycles. The molecule has 0 saturated heterocycles. The largest absolute Gasteiger partial charge is 0.309 e. The SMILES string of the molecule is c1ccc(-c2cc(-c3cccc(-c4ccc5c(c4)c4ccccc4n5-c4cccc(-c5ccc6c(c5)c5ccccc5n6-c5ccccc5)c4)c3)cc(-c3ccccc3)n2)cc1. The first kappa shape index (κ1) is 35.7. The number of hydrogen-bond donors (Lipinski definition) is 0. The van der Waals surface area contributed by atoms with Crippen LogP contribution < -0.4 is 0 Å². The van der Waals surface area contributed by atoms with Crippen molar-refractivity contribution in [3.05, 3.63) is 237 Å². The highest BCUT2D eigenvalue weighted by Gasteiger charge is 2.17. The van der Waals surface area contributed by atoms with Gasteiger partial charge >= 0.3 is 0 Å². The molecule has 0 radical (unpaired) electrons. The third kappa shape index (κ3) is 6.10.